The highest BCUT2D eigenvalue weighted by molar-refractivity contribution is 5.94. The molecule has 1 aromatic rings. The van der Waals surface area contributed by atoms with Crippen LogP contribution in [0.3, 0.4) is 0 Å². The van der Waals surface area contributed by atoms with E-state index in [1.807, 2.05) is 18.2 Å². The van der Waals surface area contributed by atoms with Crippen LogP contribution in [0.25, 0.3) is 0 Å². The number of ether oxygens (including phenoxy) is 1. The van der Waals surface area contributed by atoms with Crippen molar-refractivity contribution >= 4 is 17.9 Å². The first-order valence-corrected chi connectivity index (χ1v) is 9.20. The van der Waals surface area contributed by atoms with E-state index in [1.165, 1.54) is 0 Å². The molecule has 1 aromatic carbocycles. The Labute approximate surface area is 151 Å². The number of nitrogens with zero attached hydrogens (tertiary/aromatic N) is 3. The fourth-order valence-electron chi connectivity index (χ4n) is 4.32. The van der Waals surface area contributed by atoms with Gasteiger partial charge in [-0.25, -0.2) is 4.79 Å². The molecule has 3 amide bonds. The Morgan fingerprint density at radius 2 is 1.77 bits per heavy atom. The van der Waals surface area contributed by atoms with E-state index in [9.17, 15) is 14.4 Å². The highest BCUT2D eigenvalue weighted by Crippen LogP contribution is 2.42. The van der Waals surface area contributed by atoms with E-state index < -0.39 is 5.60 Å². The van der Waals surface area contributed by atoms with Crippen molar-refractivity contribution < 1.29 is 19.1 Å². The Morgan fingerprint density at radius 1 is 1.04 bits per heavy atom. The second-order valence-electron chi connectivity index (χ2n) is 7.73. The molecule has 3 heterocycles. The maximum atomic E-state index is 12.8. The normalized spacial score (nSPS) is 26.4. The standard InChI is InChI=1S/C19H21N3O4/c23-16(13-4-2-1-3-5-13)20-8-9-22-15(10-20)19(26-18(22)25)11-21(12-19)17(24)14-6-7-14/h1-5,14-15H,6-12H2. The van der Waals surface area contributed by atoms with E-state index in [2.05, 4.69) is 0 Å². The second-order valence-corrected chi connectivity index (χ2v) is 7.73. The van der Waals surface area contributed by atoms with E-state index in [4.69, 9.17) is 4.74 Å². The Bertz CT molecular complexity index is 770. The van der Waals surface area contributed by atoms with Gasteiger partial charge in [0.1, 0.15) is 0 Å². The fourth-order valence-corrected chi connectivity index (χ4v) is 4.32. The first kappa shape index (κ1) is 15.7. The van der Waals surface area contributed by atoms with Crippen LogP contribution >= 0.6 is 0 Å². The van der Waals surface area contributed by atoms with Crippen LogP contribution in [0.2, 0.25) is 0 Å². The van der Waals surface area contributed by atoms with E-state index in [-0.39, 0.29) is 29.9 Å². The van der Waals surface area contributed by atoms with E-state index >= 15 is 0 Å². The van der Waals surface area contributed by atoms with Crippen molar-refractivity contribution in [1.29, 1.82) is 0 Å². The van der Waals surface area contributed by atoms with Gasteiger partial charge in [0.2, 0.25) is 5.91 Å². The van der Waals surface area contributed by atoms with Crippen LogP contribution < -0.4 is 0 Å². The summed E-state index contributed by atoms with van der Waals surface area (Å²) in [6.07, 6.45) is 1.62. The zero-order chi connectivity index (χ0) is 17.9. The molecule has 7 nitrogen and oxygen atoms in total. The molecule has 4 aliphatic rings. The quantitative estimate of drug-likeness (QED) is 0.792. The molecule has 1 aliphatic carbocycles. The Hall–Kier alpha value is -2.57. The van der Waals surface area contributed by atoms with Crippen LogP contribution in [0.15, 0.2) is 30.3 Å². The molecular formula is C19H21N3O4. The average Bonchev–Trinajstić information content (AvgIpc) is 3.44. The number of amides is 3. The molecule has 7 heteroatoms. The molecule has 26 heavy (non-hydrogen) atoms. The van der Waals surface area contributed by atoms with Gasteiger partial charge in [0, 0.05) is 31.1 Å². The largest absolute Gasteiger partial charge is 0.437 e. The summed E-state index contributed by atoms with van der Waals surface area (Å²) in [5.41, 5.74) is -0.00327. The molecule has 1 spiro atoms. The van der Waals surface area contributed by atoms with Crippen molar-refractivity contribution in [1.82, 2.24) is 14.7 Å². The molecule has 1 atom stereocenters. The first-order chi connectivity index (χ1) is 12.6. The molecule has 0 bridgehead atoms. The molecule has 4 fully saturated rings. The molecule has 5 rings (SSSR count). The Balaban J connectivity index is 1.32. The summed E-state index contributed by atoms with van der Waals surface area (Å²) in [6.45, 7) is 2.32. The van der Waals surface area contributed by atoms with Crippen molar-refractivity contribution in [3.05, 3.63) is 35.9 Å². The number of carbonyl (C=O) groups is 3. The van der Waals surface area contributed by atoms with Gasteiger partial charge in [0.25, 0.3) is 5.91 Å². The number of hydrogen-bond acceptors (Lipinski definition) is 4. The Morgan fingerprint density at radius 3 is 2.46 bits per heavy atom. The van der Waals surface area contributed by atoms with E-state index in [1.54, 1.807) is 26.8 Å². The number of carbonyl (C=O) groups excluding carboxylic acids is 3. The molecule has 1 unspecified atom stereocenters. The van der Waals surface area contributed by atoms with Gasteiger partial charge in [-0.3, -0.25) is 14.5 Å². The van der Waals surface area contributed by atoms with Gasteiger partial charge in [-0.05, 0) is 25.0 Å². The van der Waals surface area contributed by atoms with Crippen molar-refractivity contribution in [2.45, 2.75) is 24.5 Å². The van der Waals surface area contributed by atoms with Crippen molar-refractivity contribution in [2.75, 3.05) is 32.7 Å². The minimum Gasteiger partial charge on any atom is -0.437 e. The van der Waals surface area contributed by atoms with Gasteiger partial charge in [-0.15, -0.1) is 0 Å². The molecule has 0 aromatic heterocycles. The fraction of sp³-hybridized carbons (Fsp3) is 0.526. The van der Waals surface area contributed by atoms with Crippen LogP contribution in [0.4, 0.5) is 4.79 Å². The maximum Gasteiger partial charge on any atom is 0.411 e. The molecule has 1 saturated carbocycles. The Kier molecular flexibility index (Phi) is 3.29. The highest BCUT2D eigenvalue weighted by atomic mass is 16.6. The molecule has 3 aliphatic heterocycles. The van der Waals surface area contributed by atoms with E-state index in [0.29, 0.717) is 38.3 Å². The smallest absolute Gasteiger partial charge is 0.411 e. The summed E-state index contributed by atoms with van der Waals surface area (Å²) in [6, 6.07) is 9.01. The monoisotopic (exact) mass is 355 g/mol. The van der Waals surface area contributed by atoms with Crippen LogP contribution in [-0.2, 0) is 9.53 Å². The van der Waals surface area contributed by atoms with Crippen molar-refractivity contribution in [2.24, 2.45) is 5.92 Å². The highest BCUT2D eigenvalue weighted by Gasteiger charge is 2.63. The summed E-state index contributed by atoms with van der Waals surface area (Å²) in [7, 11) is 0. The van der Waals surface area contributed by atoms with E-state index in [0.717, 1.165) is 12.8 Å². The van der Waals surface area contributed by atoms with Crippen LogP contribution in [-0.4, -0.2) is 77.0 Å². The first-order valence-electron chi connectivity index (χ1n) is 9.20. The van der Waals surface area contributed by atoms with Gasteiger partial charge in [0.15, 0.2) is 5.60 Å². The summed E-state index contributed by atoms with van der Waals surface area (Å²) >= 11 is 0. The second kappa shape index (κ2) is 5.46. The third-order valence-electron chi connectivity index (χ3n) is 5.98. The average molecular weight is 355 g/mol. The third-order valence-corrected chi connectivity index (χ3v) is 5.98. The van der Waals surface area contributed by atoms with Gasteiger partial charge in [-0.1, -0.05) is 18.2 Å². The molecular weight excluding hydrogens is 334 g/mol. The number of piperazine rings is 1. The maximum absolute atomic E-state index is 12.8. The lowest BCUT2D eigenvalue weighted by molar-refractivity contribution is -0.156. The molecule has 136 valence electrons. The van der Waals surface area contributed by atoms with Crippen molar-refractivity contribution in [3.63, 3.8) is 0 Å². The van der Waals surface area contributed by atoms with Crippen LogP contribution in [0, 0.1) is 5.92 Å². The minimum absolute atomic E-state index is 0.0232. The zero-order valence-corrected chi connectivity index (χ0v) is 14.5. The molecule has 0 radical (unpaired) electrons. The summed E-state index contributed by atoms with van der Waals surface area (Å²) < 4.78 is 5.70. The van der Waals surface area contributed by atoms with Crippen LogP contribution in [0.5, 0.6) is 0 Å². The summed E-state index contributed by atoms with van der Waals surface area (Å²) in [5.74, 6) is 0.325. The number of likely N-dealkylation sites (tertiary alicyclic amines) is 1. The number of rotatable bonds is 2. The van der Waals surface area contributed by atoms with Gasteiger partial charge in [-0.2, -0.15) is 0 Å². The number of hydrogen-bond donors (Lipinski definition) is 0. The number of fused-ring (bicyclic) bond motifs is 2. The minimum atomic E-state index is -0.655. The number of benzene rings is 1. The van der Waals surface area contributed by atoms with Gasteiger partial charge < -0.3 is 14.5 Å². The zero-order valence-electron chi connectivity index (χ0n) is 14.5. The SMILES string of the molecule is O=C(c1ccccc1)N1CCN2C(=O)OC3(CN(C(=O)C4CC4)C3)C2C1. The summed E-state index contributed by atoms with van der Waals surface area (Å²) in [4.78, 5) is 42.6. The van der Waals surface area contributed by atoms with Gasteiger partial charge >= 0.3 is 6.09 Å². The topological polar surface area (TPSA) is 70.2 Å². The predicted molar refractivity (Wildman–Crippen MR) is 91.4 cm³/mol. The van der Waals surface area contributed by atoms with Crippen molar-refractivity contribution in [3.8, 4) is 0 Å². The van der Waals surface area contributed by atoms with Gasteiger partial charge in [0.05, 0.1) is 19.1 Å². The third kappa shape index (κ3) is 2.29. The summed E-state index contributed by atoms with van der Waals surface area (Å²) in [5, 5.41) is 0. The molecule has 3 saturated heterocycles. The van der Waals surface area contributed by atoms with Crippen LogP contribution in [0.1, 0.15) is 23.2 Å². The molecule has 0 N–H and O–H groups in total. The lowest BCUT2D eigenvalue weighted by Gasteiger charge is -2.51. The lowest BCUT2D eigenvalue weighted by atomic mass is 9.84. The predicted octanol–water partition coefficient (Wildman–Crippen LogP) is 0.954. The lowest BCUT2D eigenvalue weighted by Crippen LogP contribution is -2.72.